The molecule has 10 heteroatoms. The first-order chi connectivity index (χ1) is 11.8. The molecule has 0 aliphatic rings. The van der Waals surface area contributed by atoms with Crippen molar-refractivity contribution in [1.82, 2.24) is 9.97 Å². The normalized spacial score (nSPS) is 11.2. The highest BCUT2D eigenvalue weighted by molar-refractivity contribution is 14.2. The molecule has 7 nitrogen and oxygen atoms in total. The fourth-order valence-corrected chi connectivity index (χ4v) is 2.28. The maximum Gasteiger partial charge on any atom is 0.425 e. The summed E-state index contributed by atoms with van der Waals surface area (Å²) in [6.07, 6.45) is -0.485. The Labute approximate surface area is 177 Å². The summed E-state index contributed by atoms with van der Waals surface area (Å²) in [5.41, 5.74) is -1.49. The van der Waals surface area contributed by atoms with Gasteiger partial charge in [-0.05, 0) is 77.6 Å². The van der Waals surface area contributed by atoms with Crippen LogP contribution in [0.1, 0.15) is 47.2 Å². The van der Waals surface area contributed by atoms with E-state index in [4.69, 9.17) is 9.47 Å². The fraction of sp³-hybridized carbons (Fsp3) is 0.500. The second kappa shape index (κ2) is 9.23. The van der Waals surface area contributed by atoms with Crippen molar-refractivity contribution in [2.24, 2.45) is 0 Å². The zero-order chi connectivity index (χ0) is 20.1. The molecule has 2 amide bonds. The van der Waals surface area contributed by atoms with E-state index in [-0.39, 0.29) is 11.5 Å². The van der Waals surface area contributed by atoms with E-state index in [1.807, 2.05) is 21.2 Å². The van der Waals surface area contributed by atoms with Crippen LogP contribution in [-0.4, -0.2) is 33.4 Å². The average molecular weight is 556 g/mol. The highest BCUT2D eigenvalue weighted by Crippen LogP contribution is 2.23. The Bertz CT molecular complexity index is 723. The lowest BCUT2D eigenvalue weighted by atomic mass is 10.2. The Hall–Kier alpha value is -1.06. The molecular weight excluding hydrogens is 537 g/mol. The molecule has 142 valence electrons. The summed E-state index contributed by atoms with van der Waals surface area (Å²) in [6, 6.07) is 0. The third-order valence-corrected chi connectivity index (χ3v) is 3.52. The summed E-state index contributed by atoms with van der Waals surface area (Å²) in [4.78, 5) is 34.4. The second-order valence-electron chi connectivity index (χ2n) is 6.97. The molecule has 0 aromatic carbocycles. The third kappa shape index (κ3) is 7.67. The zero-order valence-electron chi connectivity index (χ0n) is 15.2. The molecule has 0 unspecified atom stereocenters. The van der Waals surface area contributed by atoms with Crippen molar-refractivity contribution in [2.75, 3.05) is 4.90 Å². The summed E-state index contributed by atoms with van der Waals surface area (Å²) in [6.45, 7) is 10.2. The zero-order valence-corrected chi connectivity index (χ0v) is 19.8. The van der Waals surface area contributed by atoms with Gasteiger partial charge in [0.15, 0.2) is 11.5 Å². The minimum atomic E-state index is -0.923. The SMILES string of the molecule is CC(C)(C)OC(=O)N(C(=O)OC(C)(C)C)c1ncc(Br)nc1C#CSI. The number of rotatable bonds is 1. The largest absolute Gasteiger partial charge is 0.443 e. The highest BCUT2D eigenvalue weighted by Gasteiger charge is 2.35. The van der Waals surface area contributed by atoms with Gasteiger partial charge in [0.2, 0.25) is 0 Å². The number of nitrogens with zero attached hydrogens (tertiary/aromatic N) is 3. The van der Waals surface area contributed by atoms with E-state index in [9.17, 15) is 9.59 Å². The topological polar surface area (TPSA) is 81.6 Å². The van der Waals surface area contributed by atoms with Crippen molar-refractivity contribution in [1.29, 1.82) is 0 Å². The Kier molecular flexibility index (Phi) is 8.16. The lowest BCUT2D eigenvalue weighted by Gasteiger charge is -2.28. The standard InChI is InChI=1S/C16H19BrIN3O4S/c1-15(2,3)24-13(22)21(14(23)25-16(4,5)6)12-10(7-8-26-18)20-11(17)9-19-12/h9H,1-6H3. The molecule has 1 aromatic rings. The van der Waals surface area contributed by atoms with Crippen molar-refractivity contribution in [3.8, 4) is 11.2 Å². The maximum atomic E-state index is 12.7. The fourth-order valence-electron chi connectivity index (χ4n) is 1.54. The molecule has 1 aromatic heterocycles. The van der Waals surface area contributed by atoms with Crippen LogP contribution in [-0.2, 0) is 9.47 Å². The first-order valence-corrected chi connectivity index (χ1v) is 11.6. The van der Waals surface area contributed by atoms with E-state index in [0.717, 1.165) is 0 Å². The van der Waals surface area contributed by atoms with Crippen LogP contribution in [0.25, 0.3) is 0 Å². The Morgan fingerprint density at radius 1 is 1.15 bits per heavy atom. The number of amides is 2. The van der Waals surface area contributed by atoms with E-state index < -0.39 is 23.4 Å². The number of aromatic nitrogens is 2. The van der Waals surface area contributed by atoms with Crippen molar-refractivity contribution in [3.63, 3.8) is 0 Å². The van der Waals surface area contributed by atoms with Crippen LogP contribution in [0, 0.1) is 11.2 Å². The van der Waals surface area contributed by atoms with Gasteiger partial charge in [0.1, 0.15) is 15.8 Å². The number of carbonyl (C=O) groups is 2. The summed E-state index contributed by atoms with van der Waals surface area (Å²) in [5, 5.41) is 2.76. The van der Waals surface area contributed by atoms with E-state index in [1.165, 1.54) is 15.1 Å². The van der Waals surface area contributed by atoms with Crippen molar-refractivity contribution in [3.05, 3.63) is 16.5 Å². The molecule has 26 heavy (non-hydrogen) atoms. The number of hydrogen-bond donors (Lipinski definition) is 0. The van der Waals surface area contributed by atoms with Crippen molar-refractivity contribution >= 4 is 64.1 Å². The lowest BCUT2D eigenvalue weighted by Crippen LogP contribution is -2.44. The summed E-state index contributed by atoms with van der Waals surface area (Å²) < 4.78 is 11.1. The summed E-state index contributed by atoms with van der Waals surface area (Å²) >= 11 is 5.21. The van der Waals surface area contributed by atoms with Crippen molar-refractivity contribution in [2.45, 2.75) is 52.7 Å². The molecule has 0 saturated carbocycles. The van der Waals surface area contributed by atoms with E-state index in [0.29, 0.717) is 9.50 Å². The molecule has 0 fully saturated rings. The molecule has 1 heterocycles. The van der Waals surface area contributed by atoms with Crippen LogP contribution in [0.15, 0.2) is 10.8 Å². The second-order valence-corrected chi connectivity index (χ2v) is 9.46. The van der Waals surface area contributed by atoms with Crippen LogP contribution in [0.5, 0.6) is 0 Å². The molecule has 0 spiro atoms. The molecule has 0 aliphatic heterocycles. The van der Waals surface area contributed by atoms with Gasteiger partial charge in [-0.1, -0.05) is 0 Å². The van der Waals surface area contributed by atoms with Gasteiger partial charge in [-0.2, -0.15) is 4.90 Å². The van der Waals surface area contributed by atoms with Crippen LogP contribution in [0.4, 0.5) is 15.4 Å². The number of anilines is 1. The minimum Gasteiger partial charge on any atom is -0.443 e. The van der Waals surface area contributed by atoms with Crippen LogP contribution >= 0.6 is 46.1 Å². The molecule has 0 atom stereocenters. The van der Waals surface area contributed by atoms with Gasteiger partial charge in [-0.3, -0.25) is 0 Å². The predicted octanol–water partition coefficient (Wildman–Crippen LogP) is 5.31. The van der Waals surface area contributed by atoms with E-state index in [2.05, 4.69) is 37.1 Å². The molecular formula is C16H19BrIN3O4S. The summed E-state index contributed by atoms with van der Waals surface area (Å²) in [5.74, 6) is 2.70. The molecule has 0 N–H and O–H groups in total. The number of imide groups is 1. The van der Waals surface area contributed by atoms with Crippen LogP contribution in [0.2, 0.25) is 0 Å². The van der Waals surface area contributed by atoms with Gasteiger partial charge in [0.05, 0.1) is 6.20 Å². The molecule has 0 radical (unpaired) electrons. The molecule has 0 bridgehead atoms. The van der Waals surface area contributed by atoms with Gasteiger partial charge in [-0.15, -0.1) is 0 Å². The Balaban J connectivity index is 3.45. The van der Waals surface area contributed by atoms with Gasteiger partial charge >= 0.3 is 12.2 Å². The van der Waals surface area contributed by atoms with E-state index >= 15 is 0 Å². The predicted molar refractivity (Wildman–Crippen MR) is 113 cm³/mol. The Morgan fingerprint density at radius 3 is 2.08 bits per heavy atom. The number of carbonyl (C=O) groups excluding carboxylic acids is 2. The summed E-state index contributed by atoms with van der Waals surface area (Å²) in [7, 11) is 1.23. The van der Waals surface area contributed by atoms with Gasteiger partial charge in [-0.25, -0.2) is 19.6 Å². The van der Waals surface area contributed by atoms with Gasteiger partial charge in [0, 0.05) is 21.2 Å². The molecule has 0 saturated heterocycles. The molecule has 0 aliphatic carbocycles. The van der Waals surface area contributed by atoms with Gasteiger partial charge < -0.3 is 9.47 Å². The number of ether oxygens (including phenoxy) is 2. The third-order valence-electron chi connectivity index (χ3n) is 2.30. The van der Waals surface area contributed by atoms with E-state index in [1.54, 1.807) is 41.5 Å². The lowest BCUT2D eigenvalue weighted by molar-refractivity contribution is 0.0428. The first kappa shape index (κ1) is 23.0. The van der Waals surface area contributed by atoms with Gasteiger partial charge in [0.25, 0.3) is 0 Å². The minimum absolute atomic E-state index is 0.0605. The number of hydrogen-bond acceptors (Lipinski definition) is 7. The highest BCUT2D eigenvalue weighted by atomic mass is 127. The first-order valence-electron chi connectivity index (χ1n) is 7.41. The molecule has 1 rings (SSSR count). The number of halogens is 2. The van der Waals surface area contributed by atoms with Crippen LogP contribution in [0.3, 0.4) is 0 Å². The Morgan fingerprint density at radius 2 is 1.65 bits per heavy atom. The maximum absolute atomic E-state index is 12.7. The quantitative estimate of drug-likeness (QED) is 0.343. The monoisotopic (exact) mass is 555 g/mol. The van der Waals surface area contributed by atoms with Crippen molar-refractivity contribution < 1.29 is 19.1 Å². The average Bonchev–Trinajstić information content (AvgIpc) is 2.43. The van der Waals surface area contributed by atoms with Crippen LogP contribution < -0.4 is 4.90 Å². The smallest absolute Gasteiger partial charge is 0.425 e.